The molecule has 1 atom stereocenters. The van der Waals surface area contributed by atoms with Crippen molar-refractivity contribution < 1.29 is 13.2 Å². The third-order valence-corrected chi connectivity index (χ3v) is 5.33. The van der Waals surface area contributed by atoms with Gasteiger partial charge < -0.3 is 5.32 Å². The maximum atomic E-state index is 12.2. The largest absolute Gasteiger partial charge is 0.325 e. The minimum absolute atomic E-state index is 0.0646. The van der Waals surface area contributed by atoms with E-state index in [1.807, 2.05) is 43.1 Å². The fourth-order valence-electron chi connectivity index (χ4n) is 2.29. The standard InChI is InChI=1S/C17H20BrN3O3S/c1-12(13-3-9-16(10-4-13)25(19,23)24)21(2)11-17(22)20-15-7-5-14(18)6-8-15/h3-10,12H,11H2,1-2H3,(H,20,22)(H2,19,23,24). The Labute approximate surface area is 156 Å². The Kier molecular flexibility index (Phi) is 6.34. The lowest BCUT2D eigenvalue weighted by Gasteiger charge is -2.24. The van der Waals surface area contributed by atoms with Gasteiger partial charge in [-0.2, -0.15) is 0 Å². The summed E-state index contributed by atoms with van der Waals surface area (Å²) < 4.78 is 23.5. The first-order valence-electron chi connectivity index (χ1n) is 7.55. The molecule has 6 nitrogen and oxygen atoms in total. The SMILES string of the molecule is CC(c1ccc(S(N)(=O)=O)cc1)N(C)CC(=O)Nc1ccc(Br)cc1. The smallest absolute Gasteiger partial charge is 0.238 e. The van der Waals surface area contributed by atoms with E-state index in [9.17, 15) is 13.2 Å². The van der Waals surface area contributed by atoms with E-state index in [4.69, 9.17) is 5.14 Å². The van der Waals surface area contributed by atoms with Gasteiger partial charge in [-0.25, -0.2) is 13.6 Å². The molecule has 2 aromatic carbocycles. The molecule has 0 saturated carbocycles. The van der Waals surface area contributed by atoms with Gasteiger partial charge in [0.2, 0.25) is 15.9 Å². The fraction of sp³-hybridized carbons (Fsp3) is 0.235. The zero-order valence-corrected chi connectivity index (χ0v) is 16.3. The van der Waals surface area contributed by atoms with Crippen LogP contribution in [0.4, 0.5) is 5.69 Å². The van der Waals surface area contributed by atoms with E-state index in [0.717, 1.165) is 15.7 Å². The Morgan fingerprint density at radius 1 is 1.16 bits per heavy atom. The number of likely N-dealkylation sites (N-methyl/N-ethyl adjacent to an activating group) is 1. The van der Waals surface area contributed by atoms with Crippen LogP contribution in [-0.4, -0.2) is 32.8 Å². The molecule has 0 fully saturated rings. The summed E-state index contributed by atoms with van der Waals surface area (Å²) in [5.41, 5.74) is 1.62. The summed E-state index contributed by atoms with van der Waals surface area (Å²) >= 11 is 3.35. The highest BCUT2D eigenvalue weighted by atomic mass is 79.9. The Balaban J connectivity index is 1.98. The predicted molar refractivity (Wildman–Crippen MR) is 102 cm³/mol. The highest BCUT2D eigenvalue weighted by molar-refractivity contribution is 9.10. The van der Waals surface area contributed by atoms with Crippen molar-refractivity contribution in [2.75, 3.05) is 18.9 Å². The topological polar surface area (TPSA) is 92.5 Å². The van der Waals surface area contributed by atoms with Crippen LogP contribution < -0.4 is 10.5 Å². The number of nitrogens with two attached hydrogens (primary N) is 1. The Morgan fingerprint density at radius 3 is 2.24 bits per heavy atom. The first-order valence-corrected chi connectivity index (χ1v) is 9.89. The highest BCUT2D eigenvalue weighted by Gasteiger charge is 2.16. The van der Waals surface area contributed by atoms with Gasteiger partial charge in [-0.3, -0.25) is 9.69 Å². The lowest BCUT2D eigenvalue weighted by atomic mass is 10.1. The van der Waals surface area contributed by atoms with Crippen molar-refractivity contribution in [2.24, 2.45) is 5.14 Å². The molecule has 0 heterocycles. The van der Waals surface area contributed by atoms with Crippen molar-refractivity contribution in [3.05, 3.63) is 58.6 Å². The summed E-state index contributed by atoms with van der Waals surface area (Å²) in [6, 6.07) is 13.6. The monoisotopic (exact) mass is 425 g/mol. The molecule has 1 amide bonds. The van der Waals surface area contributed by atoms with Crippen molar-refractivity contribution in [1.82, 2.24) is 4.90 Å². The van der Waals surface area contributed by atoms with E-state index in [-0.39, 0.29) is 23.4 Å². The van der Waals surface area contributed by atoms with Crippen molar-refractivity contribution >= 4 is 37.5 Å². The van der Waals surface area contributed by atoms with Crippen molar-refractivity contribution in [2.45, 2.75) is 17.9 Å². The number of sulfonamides is 1. The van der Waals surface area contributed by atoms with E-state index < -0.39 is 10.0 Å². The van der Waals surface area contributed by atoms with Gasteiger partial charge in [-0.15, -0.1) is 0 Å². The number of halogens is 1. The van der Waals surface area contributed by atoms with Gasteiger partial charge in [0, 0.05) is 16.2 Å². The van der Waals surface area contributed by atoms with Crippen LogP contribution in [0.15, 0.2) is 57.9 Å². The number of carbonyl (C=O) groups is 1. The molecule has 2 rings (SSSR count). The van der Waals surface area contributed by atoms with E-state index in [1.54, 1.807) is 12.1 Å². The lowest BCUT2D eigenvalue weighted by Crippen LogP contribution is -2.32. The number of rotatable bonds is 6. The second kappa shape index (κ2) is 8.09. The third-order valence-electron chi connectivity index (χ3n) is 3.87. The molecule has 134 valence electrons. The van der Waals surface area contributed by atoms with Gasteiger partial charge >= 0.3 is 0 Å². The number of primary sulfonamides is 1. The molecule has 25 heavy (non-hydrogen) atoms. The van der Waals surface area contributed by atoms with Gasteiger partial charge in [0.15, 0.2) is 0 Å². The first kappa shape index (κ1) is 19.6. The maximum absolute atomic E-state index is 12.2. The van der Waals surface area contributed by atoms with Crippen LogP contribution in [0.2, 0.25) is 0 Å². The number of nitrogens with zero attached hydrogens (tertiary/aromatic N) is 1. The summed E-state index contributed by atoms with van der Waals surface area (Å²) in [6.07, 6.45) is 0. The normalized spacial score (nSPS) is 12.8. The molecular formula is C17H20BrN3O3S. The fourth-order valence-corrected chi connectivity index (χ4v) is 3.07. The van der Waals surface area contributed by atoms with Crippen molar-refractivity contribution in [3.63, 3.8) is 0 Å². The number of carbonyl (C=O) groups excluding carboxylic acids is 1. The molecule has 0 aromatic heterocycles. The van der Waals surface area contributed by atoms with Crippen LogP contribution >= 0.6 is 15.9 Å². The Bertz CT molecular complexity index is 836. The first-order chi connectivity index (χ1) is 11.7. The molecular weight excluding hydrogens is 406 g/mol. The zero-order chi connectivity index (χ0) is 18.6. The van der Waals surface area contributed by atoms with Gasteiger partial charge in [0.1, 0.15) is 0 Å². The van der Waals surface area contributed by atoms with Crippen LogP contribution in [0.3, 0.4) is 0 Å². The Morgan fingerprint density at radius 2 is 1.72 bits per heavy atom. The van der Waals surface area contributed by atoms with Crippen LogP contribution in [0.25, 0.3) is 0 Å². The third kappa shape index (κ3) is 5.64. The van der Waals surface area contributed by atoms with E-state index >= 15 is 0 Å². The maximum Gasteiger partial charge on any atom is 0.238 e. The van der Waals surface area contributed by atoms with E-state index in [0.29, 0.717) is 0 Å². The average molecular weight is 426 g/mol. The van der Waals surface area contributed by atoms with E-state index in [1.165, 1.54) is 12.1 Å². The average Bonchev–Trinajstić information content (AvgIpc) is 2.55. The Hall–Kier alpha value is -1.74. The summed E-state index contributed by atoms with van der Waals surface area (Å²) in [6.45, 7) is 2.15. The summed E-state index contributed by atoms with van der Waals surface area (Å²) in [5, 5.41) is 7.94. The highest BCUT2D eigenvalue weighted by Crippen LogP contribution is 2.20. The molecule has 0 bridgehead atoms. The number of hydrogen-bond acceptors (Lipinski definition) is 4. The number of hydrogen-bond donors (Lipinski definition) is 2. The zero-order valence-electron chi connectivity index (χ0n) is 13.9. The minimum Gasteiger partial charge on any atom is -0.325 e. The quantitative estimate of drug-likeness (QED) is 0.743. The molecule has 0 aliphatic rings. The molecule has 2 aromatic rings. The summed E-state index contributed by atoms with van der Waals surface area (Å²) in [5.74, 6) is -0.127. The molecule has 8 heteroatoms. The van der Waals surface area contributed by atoms with Crippen molar-refractivity contribution in [3.8, 4) is 0 Å². The molecule has 0 spiro atoms. The molecule has 3 N–H and O–H groups in total. The molecule has 0 aliphatic heterocycles. The predicted octanol–water partition coefficient (Wildman–Crippen LogP) is 2.73. The molecule has 1 unspecified atom stereocenters. The van der Waals surface area contributed by atoms with E-state index in [2.05, 4.69) is 21.2 Å². The molecule has 0 saturated heterocycles. The summed E-state index contributed by atoms with van der Waals surface area (Å²) in [7, 11) is -1.87. The van der Waals surface area contributed by atoms with Crippen molar-refractivity contribution in [1.29, 1.82) is 0 Å². The number of benzene rings is 2. The number of anilines is 1. The second-order valence-electron chi connectivity index (χ2n) is 5.76. The van der Waals surface area contributed by atoms with Crippen LogP contribution in [-0.2, 0) is 14.8 Å². The minimum atomic E-state index is -3.70. The van der Waals surface area contributed by atoms with Gasteiger partial charge in [-0.05, 0) is 55.9 Å². The van der Waals surface area contributed by atoms with Gasteiger partial charge in [0.05, 0.1) is 11.4 Å². The summed E-state index contributed by atoms with van der Waals surface area (Å²) in [4.78, 5) is 14.1. The second-order valence-corrected chi connectivity index (χ2v) is 8.24. The van der Waals surface area contributed by atoms with Crippen LogP contribution in [0, 0.1) is 0 Å². The number of nitrogens with one attached hydrogen (secondary N) is 1. The van der Waals surface area contributed by atoms with Crippen LogP contribution in [0.5, 0.6) is 0 Å². The molecule has 0 aliphatic carbocycles. The van der Waals surface area contributed by atoms with Crippen LogP contribution in [0.1, 0.15) is 18.5 Å². The van der Waals surface area contributed by atoms with Gasteiger partial charge in [-0.1, -0.05) is 28.1 Å². The van der Waals surface area contributed by atoms with Gasteiger partial charge in [0.25, 0.3) is 0 Å². The molecule has 0 radical (unpaired) electrons. The lowest BCUT2D eigenvalue weighted by molar-refractivity contribution is -0.117. The number of amides is 1.